The van der Waals surface area contributed by atoms with Crippen molar-refractivity contribution in [3.8, 4) is 0 Å². The number of anilines is 1. The summed E-state index contributed by atoms with van der Waals surface area (Å²) in [5.41, 5.74) is 1.53. The standard InChI is InChI=1S/C12H11N3O2/c1-8-4-2-3-5-9(8)13-12(17)10-6-7-11(16)15-14-10/h2-7H,1H3,(H,13,17)(H,15,16). The highest BCUT2D eigenvalue weighted by Gasteiger charge is 2.08. The van der Waals surface area contributed by atoms with Gasteiger partial charge >= 0.3 is 0 Å². The van der Waals surface area contributed by atoms with Crippen molar-refractivity contribution in [1.29, 1.82) is 0 Å². The summed E-state index contributed by atoms with van der Waals surface area (Å²) in [6.45, 7) is 1.90. The summed E-state index contributed by atoms with van der Waals surface area (Å²) in [4.78, 5) is 22.6. The van der Waals surface area contributed by atoms with Crippen LogP contribution in [0.3, 0.4) is 0 Å². The Morgan fingerprint density at radius 2 is 2.00 bits per heavy atom. The number of amides is 1. The van der Waals surface area contributed by atoms with Gasteiger partial charge < -0.3 is 5.32 Å². The number of aromatic amines is 1. The van der Waals surface area contributed by atoms with Crippen LogP contribution in [0.15, 0.2) is 41.2 Å². The summed E-state index contributed by atoms with van der Waals surface area (Å²) in [6, 6.07) is 10.1. The van der Waals surface area contributed by atoms with Gasteiger partial charge in [0.15, 0.2) is 0 Å². The van der Waals surface area contributed by atoms with E-state index in [9.17, 15) is 9.59 Å². The fraction of sp³-hybridized carbons (Fsp3) is 0.0833. The highest BCUT2D eigenvalue weighted by Crippen LogP contribution is 2.13. The summed E-state index contributed by atoms with van der Waals surface area (Å²) < 4.78 is 0. The summed E-state index contributed by atoms with van der Waals surface area (Å²) in [5, 5.41) is 8.59. The van der Waals surface area contributed by atoms with Gasteiger partial charge in [-0.1, -0.05) is 18.2 Å². The predicted molar refractivity (Wildman–Crippen MR) is 64.0 cm³/mol. The van der Waals surface area contributed by atoms with Crippen molar-refractivity contribution in [2.45, 2.75) is 6.92 Å². The number of para-hydroxylation sites is 1. The summed E-state index contributed by atoms with van der Waals surface area (Å²) >= 11 is 0. The van der Waals surface area contributed by atoms with Crippen molar-refractivity contribution in [3.05, 3.63) is 58.0 Å². The zero-order valence-electron chi connectivity index (χ0n) is 9.23. The second kappa shape index (κ2) is 4.61. The monoisotopic (exact) mass is 229 g/mol. The van der Waals surface area contributed by atoms with Crippen LogP contribution in [0.2, 0.25) is 0 Å². The maximum atomic E-state index is 11.8. The van der Waals surface area contributed by atoms with Crippen molar-refractivity contribution in [3.63, 3.8) is 0 Å². The van der Waals surface area contributed by atoms with Gasteiger partial charge in [0.2, 0.25) is 0 Å². The van der Waals surface area contributed by atoms with Gasteiger partial charge in [-0.2, -0.15) is 5.10 Å². The van der Waals surface area contributed by atoms with Gasteiger partial charge in [-0.25, -0.2) is 5.10 Å². The molecule has 0 bridgehead atoms. The molecule has 0 aliphatic heterocycles. The number of H-pyrrole nitrogens is 1. The van der Waals surface area contributed by atoms with E-state index in [0.29, 0.717) is 0 Å². The van der Waals surface area contributed by atoms with Gasteiger partial charge in [0.1, 0.15) is 5.69 Å². The van der Waals surface area contributed by atoms with Gasteiger partial charge in [-0.3, -0.25) is 9.59 Å². The molecule has 0 saturated heterocycles. The first kappa shape index (κ1) is 11.1. The minimum absolute atomic E-state index is 0.174. The minimum atomic E-state index is -0.351. The topological polar surface area (TPSA) is 74.8 Å². The Morgan fingerprint density at radius 1 is 1.24 bits per heavy atom. The number of nitrogens with one attached hydrogen (secondary N) is 2. The molecule has 1 aromatic heterocycles. The van der Waals surface area contributed by atoms with Crippen LogP contribution >= 0.6 is 0 Å². The van der Waals surface area contributed by atoms with Crippen molar-refractivity contribution >= 4 is 11.6 Å². The molecule has 0 atom stereocenters. The molecular weight excluding hydrogens is 218 g/mol. The number of aryl methyl sites for hydroxylation is 1. The quantitative estimate of drug-likeness (QED) is 0.815. The van der Waals surface area contributed by atoms with Crippen LogP contribution in [0.5, 0.6) is 0 Å². The van der Waals surface area contributed by atoms with E-state index < -0.39 is 0 Å². The van der Waals surface area contributed by atoms with Crippen LogP contribution in [0, 0.1) is 6.92 Å². The van der Waals surface area contributed by atoms with Gasteiger partial charge in [0.05, 0.1) is 0 Å². The van der Waals surface area contributed by atoms with Crippen LogP contribution in [-0.4, -0.2) is 16.1 Å². The third-order valence-corrected chi connectivity index (χ3v) is 2.31. The SMILES string of the molecule is Cc1ccccc1NC(=O)c1ccc(=O)[nH]n1. The molecule has 86 valence electrons. The molecule has 2 rings (SSSR count). The second-order valence-electron chi connectivity index (χ2n) is 3.58. The first-order chi connectivity index (χ1) is 8.16. The number of aromatic nitrogens is 2. The molecule has 2 aromatic rings. The Balaban J connectivity index is 2.20. The molecule has 0 fully saturated rings. The number of hydrogen-bond acceptors (Lipinski definition) is 3. The van der Waals surface area contributed by atoms with Crippen molar-refractivity contribution < 1.29 is 4.79 Å². The van der Waals surface area contributed by atoms with Gasteiger partial charge in [-0.15, -0.1) is 0 Å². The predicted octanol–water partition coefficient (Wildman–Crippen LogP) is 1.33. The maximum Gasteiger partial charge on any atom is 0.276 e. The molecular formula is C12H11N3O2. The molecule has 1 heterocycles. The normalized spacial score (nSPS) is 9.94. The average Bonchev–Trinajstić information content (AvgIpc) is 2.33. The van der Waals surface area contributed by atoms with Crippen LogP contribution in [0.1, 0.15) is 16.1 Å². The van der Waals surface area contributed by atoms with E-state index in [-0.39, 0.29) is 17.2 Å². The Hall–Kier alpha value is -2.43. The summed E-state index contributed by atoms with van der Waals surface area (Å²) in [7, 11) is 0. The van der Waals surface area contributed by atoms with Gasteiger partial charge in [0.25, 0.3) is 11.5 Å². The third-order valence-electron chi connectivity index (χ3n) is 2.31. The minimum Gasteiger partial charge on any atom is -0.320 e. The highest BCUT2D eigenvalue weighted by molar-refractivity contribution is 6.03. The molecule has 0 saturated carbocycles. The van der Waals surface area contributed by atoms with E-state index >= 15 is 0 Å². The molecule has 0 spiro atoms. The molecule has 17 heavy (non-hydrogen) atoms. The average molecular weight is 229 g/mol. The lowest BCUT2D eigenvalue weighted by Gasteiger charge is -2.06. The molecule has 0 aliphatic carbocycles. The Bertz CT molecular complexity index is 584. The smallest absolute Gasteiger partial charge is 0.276 e. The van der Waals surface area contributed by atoms with Gasteiger partial charge in [-0.05, 0) is 24.6 Å². The fourth-order valence-corrected chi connectivity index (χ4v) is 1.37. The number of nitrogens with zero attached hydrogens (tertiary/aromatic N) is 1. The zero-order chi connectivity index (χ0) is 12.3. The van der Waals surface area contributed by atoms with Gasteiger partial charge in [0, 0.05) is 11.8 Å². The molecule has 5 heteroatoms. The van der Waals surface area contributed by atoms with E-state index in [1.807, 2.05) is 25.1 Å². The van der Waals surface area contributed by atoms with E-state index in [1.165, 1.54) is 12.1 Å². The number of carbonyl (C=O) groups is 1. The molecule has 0 aliphatic rings. The molecule has 0 radical (unpaired) electrons. The second-order valence-corrected chi connectivity index (χ2v) is 3.58. The summed E-state index contributed by atoms with van der Waals surface area (Å²) in [6.07, 6.45) is 0. The van der Waals surface area contributed by atoms with E-state index in [1.54, 1.807) is 6.07 Å². The highest BCUT2D eigenvalue weighted by atomic mass is 16.2. The lowest BCUT2D eigenvalue weighted by atomic mass is 10.2. The summed E-state index contributed by atoms with van der Waals surface area (Å²) in [5.74, 6) is -0.351. The van der Waals surface area contributed by atoms with Crippen molar-refractivity contribution in [2.24, 2.45) is 0 Å². The fourth-order valence-electron chi connectivity index (χ4n) is 1.37. The molecule has 2 N–H and O–H groups in total. The first-order valence-electron chi connectivity index (χ1n) is 5.09. The molecule has 5 nitrogen and oxygen atoms in total. The Kier molecular flexibility index (Phi) is 3.00. The number of benzene rings is 1. The largest absolute Gasteiger partial charge is 0.320 e. The third kappa shape index (κ3) is 2.57. The van der Waals surface area contributed by atoms with Crippen LogP contribution in [-0.2, 0) is 0 Å². The lowest BCUT2D eigenvalue weighted by molar-refractivity contribution is 0.102. The molecule has 1 amide bonds. The lowest BCUT2D eigenvalue weighted by Crippen LogP contribution is -2.17. The Labute approximate surface area is 97.5 Å². The number of rotatable bonds is 2. The Morgan fingerprint density at radius 3 is 2.65 bits per heavy atom. The van der Waals surface area contributed by atoms with Crippen LogP contribution < -0.4 is 10.9 Å². The van der Waals surface area contributed by atoms with Crippen LogP contribution in [0.25, 0.3) is 0 Å². The van der Waals surface area contributed by atoms with Crippen molar-refractivity contribution in [1.82, 2.24) is 10.2 Å². The van der Waals surface area contributed by atoms with Crippen molar-refractivity contribution in [2.75, 3.05) is 5.32 Å². The number of hydrogen-bond donors (Lipinski definition) is 2. The van der Waals surface area contributed by atoms with E-state index in [0.717, 1.165) is 11.3 Å². The first-order valence-corrected chi connectivity index (χ1v) is 5.09. The van der Waals surface area contributed by atoms with E-state index in [4.69, 9.17) is 0 Å². The van der Waals surface area contributed by atoms with E-state index in [2.05, 4.69) is 15.5 Å². The molecule has 1 aromatic carbocycles. The zero-order valence-corrected chi connectivity index (χ0v) is 9.23. The van der Waals surface area contributed by atoms with Crippen LogP contribution in [0.4, 0.5) is 5.69 Å². The number of carbonyl (C=O) groups excluding carboxylic acids is 1. The molecule has 0 unspecified atom stereocenters. The maximum absolute atomic E-state index is 11.8.